The predicted molar refractivity (Wildman–Crippen MR) is 71.8 cm³/mol. The van der Waals surface area contributed by atoms with E-state index in [0.29, 0.717) is 23.0 Å². The van der Waals surface area contributed by atoms with Crippen LogP contribution in [0.4, 0.5) is 10.1 Å². The van der Waals surface area contributed by atoms with Crippen LogP contribution in [-0.2, 0) is 0 Å². The van der Waals surface area contributed by atoms with E-state index in [1.54, 1.807) is 10.7 Å². The number of nitrogen functional groups attached to an aromatic ring is 1. The van der Waals surface area contributed by atoms with E-state index >= 15 is 0 Å². The minimum Gasteiger partial charge on any atom is -0.398 e. The van der Waals surface area contributed by atoms with Crippen molar-refractivity contribution in [2.24, 2.45) is 5.92 Å². The first-order chi connectivity index (χ1) is 9.04. The number of halogens is 1. The van der Waals surface area contributed by atoms with Crippen molar-refractivity contribution in [3.05, 3.63) is 24.0 Å². The Hall–Kier alpha value is -1.98. The number of aromatic nitrogens is 4. The number of nitrogens with zero attached hydrogens (tertiary/aromatic N) is 4. The van der Waals surface area contributed by atoms with Crippen molar-refractivity contribution < 1.29 is 4.39 Å². The number of benzene rings is 1. The summed E-state index contributed by atoms with van der Waals surface area (Å²) in [6, 6.07) is 4.40. The maximum atomic E-state index is 13.1. The van der Waals surface area contributed by atoms with Gasteiger partial charge < -0.3 is 5.73 Å². The van der Waals surface area contributed by atoms with Crippen LogP contribution < -0.4 is 5.73 Å². The molecule has 2 unspecified atom stereocenters. The topological polar surface area (TPSA) is 69.6 Å². The second-order valence-corrected chi connectivity index (χ2v) is 4.80. The van der Waals surface area contributed by atoms with Crippen LogP contribution in [0.5, 0.6) is 0 Å². The SMILES string of the molecule is CCC(C)C(C)n1nnnc1-c1ccc(F)cc1N. The smallest absolute Gasteiger partial charge is 0.184 e. The lowest BCUT2D eigenvalue weighted by Gasteiger charge is -2.19. The van der Waals surface area contributed by atoms with Crippen molar-refractivity contribution in [3.8, 4) is 11.4 Å². The van der Waals surface area contributed by atoms with Gasteiger partial charge in [0.2, 0.25) is 0 Å². The Morgan fingerprint density at radius 2 is 2.11 bits per heavy atom. The lowest BCUT2D eigenvalue weighted by atomic mass is 10.0. The summed E-state index contributed by atoms with van der Waals surface area (Å²) >= 11 is 0. The number of tetrazole rings is 1. The maximum absolute atomic E-state index is 13.1. The minimum absolute atomic E-state index is 0.152. The molecule has 0 radical (unpaired) electrons. The molecule has 0 saturated heterocycles. The predicted octanol–water partition coefficient (Wildman–Crippen LogP) is 2.67. The summed E-state index contributed by atoms with van der Waals surface area (Å²) in [5.41, 5.74) is 6.84. The van der Waals surface area contributed by atoms with E-state index in [1.165, 1.54) is 12.1 Å². The highest BCUT2D eigenvalue weighted by atomic mass is 19.1. The average Bonchev–Trinajstić information content (AvgIpc) is 2.86. The summed E-state index contributed by atoms with van der Waals surface area (Å²) in [6.45, 7) is 6.33. The molecular formula is C13H18FN5. The van der Waals surface area contributed by atoms with E-state index in [4.69, 9.17) is 5.73 Å². The summed E-state index contributed by atoms with van der Waals surface area (Å²) in [6.07, 6.45) is 1.03. The zero-order chi connectivity index (χ0) is 14.0. The highest BCUT2D eigenvalue weighted by Crippen LogP contribution is 2.28. The van der Waals surface area contributed by atoms with Crippen LogP contribution >= 0.6 is 0 Å². The highest BCUT2D eigenvalue weighted by molar-refractivity contribution is 5.71. The summed E-state index contributed by atoms with van der Waals surface area (Å²) in [5.74, 6) is 0.643. The Morgan fingerprint density at radius 3 is 2.74 bits per heavy atom. The Bertz CT molecular complexity index is 566. The molecule has 0 aliphatic heterocycles. The molecule has 2 N–H and O–H groups in total. The fraction of sp³-hybridized carbons (Fsp3) is 0.462. The Kier molecular flexibility index (Phi) is 3.78. The van der Waals surface area contributed by atoms with Crippen LogP contribution in [0.1, 0.15) is 33.2 Å². The third kappa shape index (κ3) is 2.57. The largest absolute Gasteiger partial charge is 0.398 e. The molecule has 0 spiro atoms. The van der Waals surface area contributed by atoms with Crippen LogP contribution in [0, 0.1) is 11.7 Å². The van der Waals surface area contributed by atoms with Gasteiger partial charge in [-0.2, -0.15) is 0 Å². The Labute approximate surface area is 111 Å². The molecule has 6 heteroatoms. The van der Waals surface area contributed by atoms with E-state index in [9.17, 15) is 4.39 Å². The van der Waals surface area contributed by atoms with Crippen molar-refractivity contribution in [1.29, 1.82) is 0 Å². The number of hydrogen-bond acceptors (Lipinski definition) is 4. The quantitative estimate of drug-likeness (QED) is 0.861. The first kappa shape index (κ1) is 13.5. The molecule has 0 saturated carbocycles. The molecule has 0 amide bonds. The van der Waals surface area contributed by atoms with Crippen molar-refractivity contribution in [2.45, 2.75) is 33.2 Å². The molecule has 2 aromatic rings. The lowest BCUT2D eigenvalue weighted by molar-refractivity contribution is 0.340. The van der Waals surface area contributed by atoms with E-state index in [0.717, 1.165) is 6.42 Å². The fourth-order valence-corrected chi connectivity index (χ4v) is 1.96. The standard InChI is InChI=1S/C13H18FN5/c1-4-8(2)9(3)19-13(16-17-18-19)11-6-5-10(14)7-12(11)15/h5-9H,4,15H2,1-3H3. The number of anilines is 1. The molecule has 1 heterocycles. The second-order valence-electron chi connectivity index (χ2n) is 4.80. The van der Waals surface area contributed by atoms with Gasteiger partial charge in [0, 0.05) is 11.3 Å². The zero-order valence-corrected chi connectivity index (χ0v) is 11.3. The first-order valence-electron chi connectivity index (χ1n) is 6.37. The monoisotopic (exact) mass is 263 g/mol. The molecule has 5 nitrogen and oxygen atoms in total. The van der Waals surface area contributed by atoms with Crippen LogP contribution in [0.25, 0.3) is 11.4 Å². The fourth-order valence-electron chi connectivity index (χ4n) is 1.96. The first-order valence-corrected chi connectivity index (χ1v) is 6.37. The summed E-state index contributed by atoms with van der Waals surface area (Å²) in [5, 5.41) is 11.8. The van der Waals surface area contributed by atoms with Gasteiger partial charge in [-0.3, -0.25) is 0 Å². The van der Waals surface area contributed by atoms with Gasteiger partial charge in [-0.05, 0) is 41.5 Å². The van der Waals surface area contributed by atoms with Crippen LogP contribution in [0.15, 0.2) is 18.2 Å². The van der Waals surface area contributed by atoms with Gasteiger partial charge in [0.05, 0.1) is 6.04 Å². The third-order valence-corrected chi connectivity index (χ3v) is 3.60. The van der Waals surface area contributed by atoms with Crippen molar-refractivity contribution in [1.82, 2.24) is 20.2 Å². The van der Waals surface area contributed by atoms with Gasteiger partial charge in [0.1, 0.15) is 5.82 Å². The average molecular weight is 263 g/mol. The molecule has 0 aliphatic rings. The van der Waals surface area contributed by atoms with Gasteiger partial charge in [-0.15, -0.1) is 5.10 Å². The van der Waals surface area contributed by atoms with Gasteiger partial charge in [0.15, 0.2) is 5.82 Å². The summed E-state index contributed by atoms with van der Waals surface area (Å²) in [4.78, 5) is 0. The molecule has 0 aliphatic carbocycles. The second kappa shape index (κ2) is 5.34. The van der Waals surface area contributed by atoms with Crippen molar-refractivity contribution in [2.75, 3.05) is 5.73 Å². The Morgan fingerprint density at radius 1 is 1.37 bits per heavy atom. The molecule has 2 rings (SSSR count). The van der Waals surface area contributed by atoms with E-state index in [2.05, 4.69) is 36.3 Å². The molecule has 0 bridgehead atoms. The molecular weight excluding hydrogens is 245 g/mol. The molecule has 2 atom stereocenters. The van der Waals surface area contributed by atoms with Crippen LogP contribution in [-0.4, -0.2) is 20.2 Å². The maximum Gasteiger partial charge on any atom is 0.184 e. The third-order valence-electron chi connectivity index (χ3n) is 3.60. The lowest BCUT2D eigenvalue weighted by Crippen LogP contribution is -2.16. The highest BCUT2D eigenvalue weighted by Gasteiger charge is 2.20. The summed E-state index contributed by atoms with van der Waals surface area (Å²) in [7, 11) is 0. The van der Waals surface area contributed by atoms with Crippen LogP contribution in [0.2, 0.25) is 0 Å². The zero-order valence-electron chi connectivity index (χ0n) is 11.3. The van der Waals surface area contributed by atoms with E-state index in [-0.39, 0.29) is 11.9 Å². The molecule has 1 aromatic carbocycles. The summed E-state index contributed by atoms with van der Waals surface area (Å²) < 4.78 is 14.8. The van der Waals surface area contributed by atoms with Crippen molar-refractivity contribution >= 4 is 5.69 Å². The number of nitrogens with two attached hydrogens (primary N) is 1. The molecule has 0 fully saturated rings. The molecule has 102 valence electrons. The van der Waals surface area contributed by atoms with E-state index in [1.807, 2.05) is 0 Å². The molecule has 19 heavy (non-hydrogen) atoms. The normalized spacial score (nSPS) is 14.3. The van der Waals surface area contributed by atoms with E-state index < -0.39 is 0 Å². The number of hydrogen-bond donors (Lipinski definition) is 1. The Balaban J connectivity index is 2.44. The number of rotatable bonds is 4. The van der Waals surface area contributed by atoms with Crippen molar-refractivity contribution in [3.63, 3.8) is 0 Å². The minimum atomic E-state index is -0.366. The van der Waals surface area contributed by atoms with Gasteiger partial charge in [-0.25, -0.2) is 9.07 Å². The van der Waals surface area contributed by atoms with Gasteiger partial charge >= 0.3 is 0 Å². The van der Waals surface area contributed by atoms with Gasteiger partial charge in [-0.1, -0.05) is 20.3 Å². The van der Waals surface area contributed by atoms with Crippen LogP contribution in [0.3, 0.4) is 0 Å². The van der Waals surface area contributed by atoms with Gasteiger partial charge in [0.25, 0.3) is 0 Å². The molecule has 1 aromatic heterocycles.